The van der Waals surface area contributed by atoms with Crippen molar-refractivity contribution in [2.24, 2.45) is 0 Å². The number of nitrogens with zero attached hydrogens (tertiary/aromatic N) is 3. The monoisotopic (exact) mass is 429 g/mol. The molecule has 5 rings (SSSR count). The van der Waals surface area contributed by atoms with Crippen LogP contribution in [0.2, 0.25) is 0 Å². The first-order chi connectivity index (χ1) is 15.6. The van der Waals surface area contributed by atoms with Gasteiger partial charge in [-0.1, -0.05) is 24.3 Å². The number of aryl methyl sites for hydroxylation is 1. The van der Waals surface area contributed by atoms with Gasteiger partial charge in [-0.15, -0.1) is 0 Å². The molecule has 0 aliphatic heterocycles. The molecule has 1 aliphatic rings. The second kappa shape index (κ2) is 8.34. The summed E-state index contributed by atoms with van der Waals surface area (Å²) in [5.41, 5.74) is 3.45. The first-order valence-corrected chi connectivity index (χ1v) is 10.5. The van der Waals surface area contributed by atoms with Gasteiger partial charge in [0.1, 0.15) is 23.8 Å². The fourth-order valence-electron chi connectivity index (χ4n) is 3.52. The molecule has 0 radical (unpaired) electrons. The molecule has 0 saturated heterocycles. The summed E-state index contributed by atoms with van der Waals surface area (Å²) in [5, 5.41) is 0. The Morgan fingerprint density at radius 3 is 2.59 bits per heavy atom. The molecule has 162 valence electrons. The van der Waals surface area contributed by atoms with Crippen molar-refractivity contribution in [1.29, 1.82) is 0 Å². The third-order valence-electron chi connectivity index (χ3n) is 5.50. The summed E-state index contributed by atoms with van der Waals surface area (Å²) in [6.45, 7) is 2.12. The first-order valence-electron chi connectivity index (χ1n) is 10.5. The van der Waals surface area contributed by atoms with Crippen LogP contribution >= 0.6 is 0 Å². The number of pyridine rings is 2. The molecule has 0 spiro atoms. The highest BCUT2D eigenvalue weighted by molar-refractivity contribution is 5.44. The Hall–Kier alpha value is -3.87. The van der Waals surface area contributed by atoms with Gasteiger partial charge in [0.25, 0.3) is 11.4 Å². The maximum Gasteiger partial charge on any atom is 0.260 e. The molecule has 1 aromatic carbocycles. The van der Waals surface area contributed by atoms with Gasteiger partial charge in [0.15, 0.2) is 5.75 Å². The summed E-state index contributed by atoms with van der Waals surface area (Å²) in [6, 6.07) is 13.7. The van der Waals surface area contributed by atoms with E-state index in [1.54, 1.807) is 50.8 Å². The third-order valence-corrected chi connectivity index (χ3v) is 5.50. The van der Waals surface area contributed by atoms with Crippen LogP contribution in [0.1, 0.15) is 35.4 Å². The number of rotatable bonds is 7. The van der Waals surface area contributed by atoms with E-state index < -0.39 is 0 Å². The fourth-order valence-corrected chi connectivity index (χ4v) is 3.52. The van der Waals surface area contributed by atoms with Crippen molar-refractivity contribution in [3.63, 3.8) is 0 Å². The van der Waals surface area contributed by atoms with Gasteiger partial charge in [0, 0.05) is 17.8 Å². The molecule has 7 nitrogen and oxygen atoms in total. The lowest BCUT2D eigenvalue weighted by Gasteiger charge is -2.12. The Labute approximate surface area is 185 Å². The lowest BCUT2D eigenvalue weighted by molar-refractivity contribution is 0.271. The lowest BCUT2D eigenvalue weighted by atomic mass is 10.1. The zero-order chi connectivity index (χ0) is 22.1. The van der Waals surface area contributed by atoms with E-state index in [1.807, 2.05) is 0 Å². The second-order valence-electron chi connectivity index (χ2n) is 7.92. The molecule has 3 heterocycles. The Bertz CT molecular complexity index is 1330. The largest absolute Gasteiger partial charge is 0.491 e. The summed E-state index contributed by atoms with van der Waals surface area (Å²) in [5.74, 6) is 2.55. The Balaban J connectivity index is 1.31. The first kappa shape index (κ1) is 20.1. The van der Waals surface area contributed by atoms with E-state index >= 15 is 0 Å². The SMILES string of the molecule is COc1cc(Oc2ccc3ncc(C)c(=O)n3c2)cnc1OCc1ccc(C2CC2)cc1. The van der Waals surface area contributed by atoms with Gasteiger partial charge in [-0.05, 0) is 48.9 Å². The molecule has 1 fully saturated rings. The maximum absolute atomic E-state index is 12.3. The van der Waals surface area contributed by atoms with E-state index in [0.717, 1.165) is 11.5 Å². The van der Waals surface area contributed by atoms with Crippen LogP contribution in [-0.2, 0) is 6.61 Å². The van der Waals surface area contributed by atoms with Gasteiger partial charge in [0.05, 0.1) is 19.5 Å². The van der Waals surface area contributed by atoms with Crippen molar-refractivity contribution in [3.05, 3.63) is 88.1 Å². The van der Waals surface area contributed by atoms with Crippen molar-refractivity contribution < 1.29 is 14.2 Å². The third kappa shape index (κ3) is 4.14. The van der Waals surface area contributed by atoms with Crippen molar-refractivity contribution >= 4 is 5.65 Å². The normalized spacial score (nSPS) is 13.2. The number of hydrogen-bond donors (Lipinski definition) is 0. The molecular weight excluding hydrogens is 406 g/mol. The van der Waals surface area contributed by atoms with Crippen LogP contribution in [0.15, 0.2) is 65.8 Å². The smallest absolute Gasteiger partial charge is 0.260 e. The molecule has 0 amide bonds. The Morgan fingerprint density at radius 2 is 1.84 bits per heavy atom. The highest BCUT2D eigenvalue weighted by Crippen LogP contribution is 2.40. The molecule has 1 aliphatic carbocycles. The predicted octanol–water partition coefficient (Wildman–Crippen LogP) is 4.66. The minimum absolute atomic E-state index is 0.134. The van der Waals surface area contributed by atoms with Gasteiger partial charge in [-0.25, -0.2) is 9.97 Å². The second-order valence-corrected chi connectivity index (χ2v) is 7.92. The van der Waals surface area contributed by atoms with Gasteiger partial charge in [-0.2, -0.15) is 0 Å². The van der Waals surface area contributed by atoms with Crippen LogP contribution in [-0.4, -0.2) is 21.5 Å². The van der Waals surface area contributed by atoms with Crippen molar-refractivity contribution in [2.45, 2.75) is 32.3 Å². The lowest BCUT2D eigenvalue weighted by Crippen LogP contribution is -2.16. The molecule has 4 aromatic rings. The molecule has 0 unspecified atom stereocenters. The number of ether oxygens (including phenoxy) is 3. The quantitative estimate of drug-likeness (QED) is 0.426. The van der Waals surface area contributed by atoms with Crippen LogP contribution in [0.3, 0.4) is 0 Å². The average molecular weight is 429 g/mol. The van der Waals surface area contributed by atoms with E-state index in [-0.39, 0.29) is 5.56 Å². The number of methoxy groups -OCH3 is 1. The van der Waals surface area contributed by atoms with Crippen molar-refractivity contribution in [1.82, 2.24) is 14.4 Å². The Morgan fingerprint density at radius 1 is 1.03 bits per heavy atom. The summed E-state index contributed by atoms with van der Waals surface area (Å²) >= 11 is 0. The van der Waals surface area contributed by atoms with E-state index in [1.165, 1.54) is 22.8 Å². The molecular formula is C25H23N3O4. The topological polar surface area (TPSA) is 75.0 Å². The van der Waals surface area contributed by atoms with Crippen LogP contribution < -0.4 is 19.8 Å². The van der Waals surface area contributed by atoms with Crippen molar-refractivity contribution in [2.75, 3.05) is 7.11 Å². The van der Waals surface area contributed by atoms with Crippen molar-refractivity contribution in [3.8, 4) is 23.1 Å². The average Bonchev–Trinajstić information content (AvgIpc) is 3.67. The molecule has 3 aromatic heterocycles. The van der Waals surface area contributed by atoms with Gasteiger partial charge < -0.3 is 14.2 Å². The molecule has 0 atom stereocenters. The minimum atomic E-state index is -0.134. The number of aromatic nitrogens is 3. The molecule has 1 saturated carbocycles. The molecule has 0 bridgehead atoms. The Kier molecular flexibility index (Phi) is 5.23. The standard InChI is InChI=1S/C25H23N3O4/c1-16-12-26-23-10-9-20(14-28(23)25(16)29)32-21-11-22(30-2)24(27-13-21)31-15-17-3-5-18(6-4-17)19-7-8-19/h3-6,9-14,19H,7-8,15H2,1-2H3. The van der Waals surface area contributed by atoms with E-state index in [2.05, 4.69) is 34.2 Å². The minimum Gasteiger partial charge on any atom is -0.491 e. The summed E-state index contributed by atoms with van der Waals surface area (Å²) in [7, 11) is 1.56. The van der Waals surface area contributed by atoms with E-state index in [0.29, 0.717) is 40.9 Å². The molecule has 7 heteroatoms. The maximum atomic E-state index is 12.3. The highest BCUT2D eigenvalue weighted by atomic mass is 16.5. The van der Waals surface area contributed by atoms with Gasteiger partial charge >= 0.3 is 0 Å². The zero-order valence-electron chi connectivity index (χ0n) is 17.9. The van der Waals surface area contributed by atoms with Gasteiger partial charge in [0.2, 0.25) is 0 Å². The number of benzene rings is 1. The summed E-state index contributed by atoms with van der Waals surface area (Å²) in [4.78, 5) is 20.9. The van der Waals surface area contributed by atoms with Crippen LogP contribution in [0, 0.1) is 6.92 Å². The fraction of sp³-hybridized carbons (Fsp3) is 0.240. The predicted molar refractivity (Wildman–Crippen MR) is 120 cm³/mol. The number of hydrogen-bond acceptors (Lipinski definition) is 6. The van der Waals surface area contributed by atoms with Crippen LogP contribution in [0.4, 0.5) is 0 Å². The number of fused-ring (bicyclic) bond motifs is 1. The van der Waals surface area contributed by atoms with E-state index in [4.69, 9.17) is 14.2 Å². The summed E-state index contributed by atoms with van der Waals surface area (Å²) < 4.78 is 18.7. The highest BCUT2D eigenvalue weighted by Gasteiger charge is 2.23. The molecule has 0 N–H and O–H groups in total. The zero-order valence-corrected chi connectivity index (χ0v) is 17.9. The molecule has 32 heavy (non-hydrogen) atoms. The van der Waals surface area contributed by atoms with Crippen LogP contribution in [0.5, 0.6) is 23.1 Å². The van der Waals surface area contributed by atoms with E-state index in [9.17, 15) is 4.79 Å². The van der Waals surface area contributed by atoms with Crippen LogP contribution in [0.25, 0.3) is 5.65 Å². The summed E-state index contributed by atoms with van der Waals surface area (Å²) in [6.07, 6.45) is 7.32. The van der Waals surface area contributed by atoms with Gasteiger partial charge in [-0.3, -0.25) is 9.20 Å².